The SMILES string of the molecule is COCC(=O)N1CCN(C(=O)c2c[nH]ccc2=O)CC1. The first-order valence-corrected chi connectivity index (χ1v) is 6.36. The van der Waals surface area contributed by atoms with Crippen LogP contribution in [0, 0.1) is 0 Å². The first-order valence-electron chi connectivity index (χ1n) is 6.36. The number of hydrogen-bond acceptors (Lipinski definition) is 4. The summed E-state index contributed by atoms with van der Waals surface area (Å²) in [5, 5.41) is 0. The highest BCUT2D eigenvalue weighted by Gasteiger charge is 2.25. The molecule has 20 heavy (non-hydrogen) atoms. The standard InChI is InChI=1S/C13H17N3O4/c1-20-9-12(18)15-4-6-16(7-5-15)13(19)10-8-14-3-2-11(10)17/h2-3,8H,4-7,9H2,1H3,(H,14,17). The van der Waals surface area contributed by atoms with Crippen LogP contribution < -0.4 is 5.43 Å². The van der Waals surface area contributed by atoms with E-state index in [1.807, 2.05) is 0 Å². The lowest BCUT2D eigenvalue weighted by Gasteiger charge is -2.34. The number of methoxy groups -OCH3 is 1. The van der Waals surface area contributed by atoms with Gasteiger partial charge in [0.2, 0.25) is 5.91 Å². The highest BCUT2D eigenvalue weighted by molar-refractivity contribution is 5.94. The number of amides is 2. The Bertz CT molecular complexity index is 547. The fraction of sp³-hybridized carbons (Fsp3) is 0.462. The van der Waals surface area contributed by atoms with Gasteiger partial charge in [-0.2, -0.15) is 0 Å². The van der Waals surface area contributed by atoms with Crippen LogP contribution in [-0.4, -0.2) is 66.5 Å². The smallest absolute Gasteiger partial charge is 0.259 e. The summed E-state index contributed by atoms with van der Waals surface area (Å²) >= 11 is 0. The third kappa shape index (κ3) is 3.05. The van der Waals surface area contributed by atoms with E-state index in [0.29, 0.717) is 26.2 Å². The van der Waals surface area contributed by atoms with Crippen molar-refractivity contribution in [2.45, 2.75) is 0 Å². The number of aromatic amines is 1. The molecular weight excluding hydrogens is 262 g/mol. The van der Waals surface area contributed by atoms with Gasteiger partial charge >= 0.3 is 0 Å². The molecular formula is C13H17N3O4. The number of H-pyrrole nitrogens is 1. The van der Waals surface area contributed by atoms with Crippen LogP contribution in [0.3, 0.4) is 0 Å². The minimum Gasteiger partial charge on any atom is -0.375 e. The molecule has 2 amide bonds. The Morgan fingerprint density at radius 2 is 1.90 bits per heavy atom. The Morgan fingerprint density at radius 1 is 1.25 bits per heavy atom. The molecule has 1 aliphatic heterocycles. The Balaban J connectivity index is 1.97. The van der Waals surface area contributed by atoms with Crippen LogP contribution in [0.4, 0.5) is 0 Å². The van der Waals surface area contributed by atoms with Gasteiger partial charge in [-0.1, -0.05) is 0 Å². The van der Waals surface area contributed by atoms with Gasteiger partial charge in [-0.15, -0.1) is 0 Å². The minimum atomic E-state index is -0.300. The molecule has 0 spiro atoms. The first kappa shape index (κ1) is 14.3. The van der Waals surface area contributed by atoms with Gasteiger partial charge in [0.05, 0.1) is 0 Å². The van der Waals surface area contributed by atoms with Crippen LogP contribution in [0.5, 0.6) is 0 Å². The lowest BCUT2D eigenvalue weighted by atomic mass is 10.2. The average molecular weight is 279 g/mol. The summed E-state index contributed by atoms with van der Waals surface area (Å²) in [6.07, 6.45) is 2.90. The van der Waals surface area contributed by atoms with E-state index >= 15 is 0 Å². The van der Waals surface area contributed by atoms with Crippen LogP contribution >= 0.6 is 0 Å². The van der Waals surface area contributed by atoms with E-state index < -0.39 is 0 Å². The third-order valence-corrected chi connectivity index (χ3v) is 3.24. The Kier molecular flexibility index (Phi) is 4.52. The number of pyridine rings is 1. The lowest BCUT2D eigenvalue weighted by molar-refractivity contribution is -0.136. The maximum Gasteiger partial charge on any atom is 0.259 e. The predicted octanol–water partition coefficient (Wildman–Crippen LogP) is -0.694. The van der Waals surface area contributed by atoms with Gasteiger partial charge in [-0.25, -0.2) is 0 Å². The quantitative estimate of drug-likeness (QED) is 0.793. The number of ether oxygens (including phenoxy) is 1. The van der Waals surface area contributed by atoms with Gasteiger partial charge in [0, 0.05) is 51.7 Å². The van der Waals surface area contributed by atoms with Crippen LogP contribution in [0.2, 0.25) is 0 Å². The fourth-order valence-corrected chi connectivity index (χ4v) is 2.13. The second-order valence-electron chi connectivity index (χ2n) is 4.53. The largest absolute Gasteiger partial charge is 0.375 e. The molecule has 1 fully saturated rings. The maximum atomic E-state index is 12.2. The number of hydrogen-bond donors (Lipinski definition) is 1. The highest BCUT2D eigenvalue weighted by atomic mass is 16.5. The van der Waals surface area contributed by atoms with E-state index in [0.717, 1.165) is 0 Å². The molecule has 1 saturated heterocycles. The van der Waals surface area contributed by atoms with E-state index in [1.54, 1.807) is 9.80 Å². The Morgan fingerprint density at radius 3 is 2.50 bits per heavy atom. The van der Waals surface area contributed by atoms with Gasteiger partial charge in [0.1, 0.15) is 12.2 Å². The van der Waals surface area contributed by atoms with E-state index in [2.05, 4.69) is 4.98 Å². The highest BCUT2D eigenvalue weighted by Crippen LogP contribution is 2.06. The van der Waals surface area contributed by atoms with Crippen LogP contribution in [0.25, 0.3) is 0 Å². The fourth-order valence-electron chi connectivity index (χ4n) is 2.13. The summed E-state index contributed by atoms with van der Waals surface area (Å²) in [7, 11) is 1.47. The number of carbonyl (C=O) groups excluding carboxylic acids is 2. The molecule has 1 aromatic rings. The molecule has 0 unspecified atom stereocenters. The van der Waals surface area contributed by atoms with E-state index in [-0.39, 0.29) is 29.4 Å². The molecule has 7 heteroatoms. The summed E-state index contributed by atoms with van der Waals surface area (Å²) in [4.78, 5) is 41.4. The zero-order chi connectivity index (χ0) is 14.5. The maximum absolute atomic E-state index is 12.2. The van der Waals surface area contributed by atoms with E-state index in [1.165, 1.54) is 25.6 Å². The summed E-state index contributed by atoms with van der Waals surface area (Å²) in [5.41, 5.74) is -0.171. The Labute approximate surface area is 116 Å². The molecule has 1 aromatic heterocycles. The van der Waals surface area contributed by atoms with Crippen LogP contribution in [0.15, 0.2) is 23.3 Å². The Hall–Kier alpha value is -2.15. The number of nitrogens with zero attached hydrogens (tertiary/aromatic N) is 2. The van der Waals surface area contributed by atoms with Crippen molar-refractivity contribution in [3.05, 3.63) is 34.2 Å². The average Bonchev–Trinajstić information content (AvgIpc) is 2.47. The lowest BCUT2D eigenvalue weighted by Crippen LogP contribution is -2.51. The molecule has 0 aliphatic carbocycles. The molecule has 0 aromatic carbocycles. The van der Waals surface area contributed by atoms with Crippen molar-refractivity contribution >= 4 is 11.8 Å². The molecule has 1 N–H and O–H groups in total. The normalized spacial score (nSPS) is 15.2. The summed E-state index contributed by atoms with van der Waals surface area (Å²) < 4.78 is 4.80. The molecule has 0 radical (unpaired) electrons. The summed E-state index contributed by atoms with van der Waals surface area (Å²) in [5.74, 6) is -0.386. The van der Waals surface area contributed by atoms with Crippen molar-refractivity contribution in [3.63, 3.8) is 0 Å². The van der Waals surface area contributed by atoms with Crippen molar-refractivity contribution in [2.75, 3.05) is 39.9 Å². The second-order valence-corrected chi connectivity index (χ2v) is 4.53. The first-order chi connectivity index (χ1) is 9.63. The molecule has 1 aliphatic rings. The molecule has 0 atom stereocenters. The van der Waals surface area contributed by atoms with E-state index in [4.69, 9.17) is 4.74 Å². The minimum absolute atomic E-state index is 0.0479. The topological polar surface area (TPSA) is 82.7 Å². The van der Waals surface area contributed by atoms with Gasteiger partial charge in [-0.3, -0.25) is 14.4 Å². The van der Waals surface area contributed by atoms with Crippen molar-refractivity contribution < 1.29 is 14.3 Å². The molecule has 108 valence electrons. The number of carbonyl (C=O) groups is 2. The predicted molar refractivity (Wildman–Crippen MR) is 71.4 cm³/mol. The van der Waals surface area contributed by atoms with Crippen LogP contribution in [0.1, 0.15) is 10.4 Å². The van der Waals surface area contributed by atoms with E-state index in [9.17, 15) is 14.4 Å². The third-order valence-electron chi connectivity index (χ3n) is 3.24. The molecule has 2 heterocycles. The second kappa shape index (κ2) is 6.33. The van der Waals surface area contributed by atoms with Crippen molar-refractivity contribution in [1.29, 1.82) is 0 Å². The summed E-state index contributed by atoms with van der Waals surface area (Å²) in [6, 6.07) is 1.32. The van der Waals surface area contributed by atoms with Gasteiger partial charge in [-0.05, 0) is 0 Å². The number of aromatic nitrogens is 1. The molecule has 0 saturated carbocycles. The van der Waals surface area contributed by atoms with Crippen molar-refractivity contribution in [3.8, 4) is 0 Å². The van der Waals surface area contributed by atoms with Crippen molar-refractivity contribution in [1.82, 2.24) is 14.8 Å². The van der Waals surface area contributed by atoms with Gasteiger partial charge in [0.15, 0.2) is 5.43 Å². The zero-order valence-electron chi connectivity index (χ0n) is 11.3. The van der Waals surface area contributed by atoms with Gasteiger partial charge in [0.25, 0.3) is 5.91 Å². The summed E-state index contributed by atoms with van der Waals surface area (Å²) in [6.45, 7) is 1.80. The van der Waals surface area contributed by atoms with Crippen LogP contribution in [-0.2, 0) is 9.53 Å². The molecule has 7 nitrogen and oxygen atoms in total. The number of nitrogens with one attached hydrogen (secondary N) is 1. The zero-order valence-corrected chi connectivity index (χ0v) is 11.3. The number of piperazine rings is 1. The van der Waals surface area contributed by atoms with Crippen molar-refractivity contribution in [2.24, 2.45) is 0 Å². The number of rotatable bonds is 3. The molecule has 2 rings (SSSR count). The van der Waals surface area contributed by atoms with Gasteiger partial charge < -0.3 is 19.5 Å². The molecule has 0 bridgehead atoms. The monoisotopic (exact) mass is 279 g/mol.